The average Bonchev–Trinajstić information content (AvgIpc) is 3.27. The number of carbonyl (C=O) groups excluding carboxylic acids is 3. The predicted molar refractivity (Wildman–Crippen MR) is 265 cm³/mol. The van der Waals surface area contributed by atoms with Crippen molar-refractivity contribution in [3.63, 3.8) is 0 Å². The third kappa shape index (κ3) is 47.9. The molecule has 6 nitrogen and oxygen atoms in total. The van der Waals surface area contributed by atoms with Crippen molar-refractivity contribution in [2.24, 2.45) is 0 Å². The van der Waals surface area contributed by atoms with Gasteiger partial charge in [-0.05, 0) is 77.0 Å². The van der Waals surface area contributed by atoms with Crippen LogP contribution in [-0.2, 0) is 28.6 Å². The smallest absolute Gasteiger partial charge is 0.306 e. The Labute approximate surface area is 382 Å². The van der Waals surface area contributed by atoms with E-state index in [2.05, 4.69) is 93.7 Å². The molecule has 0 aliphatic rings. The number of ether oxygens (including phenoxy) is 3. The SMILES string of the molecule is CC/C=C\C/C=C\C/C=C\CCCCC(=O)OCC(COC(=O)CCCCCCC\C=C/C=C\C=C/CCCCCCC)OC(=O)CCCCCCCCCCCCCCCC. The summed E-state index contributed by atoms with van der Waals surface area (Å²) in [5, 5.41) is 0. The van der Waals surface area contributed by atoms with E-state index in [1.54, 1.807) is 0 Å². The number of rotatable bonds is 46. The number of unbranched alkanes of at least 4 members (excludes halogenated alkanes) is 25. The molecule has 0 aromatic heterocycles. The predicted octanol–water partition coefficient (Wildman–Crippen LogP) is 17.0. The highest BCUT2D eigenvalue weighted by Gasteiger charge is 2.19. The maximum atomic E-state index is 12.8. The van der Waals surface area contributed by atoms with Crippen molar-refractivity contribution in [3.05, 3.63) is 72.9 Å². The van der Waals surface area contributed by atoms with Crippen LogP contribution in [0.1, 0.15) is 245 Å². The molecule has 0 amide bonds. The molecule has 0 saturated heterocycles. The van der Waals surface area contributed by atoms with Crippen molar-refractivity contribution in [2.45, 2.75) is 252 Å². The Morgan fingerprint density at radius 2 is 0.694 bits per heavy atom. The van der Waals surface area contributed by atoms with E-state index in [9.17, 15) is 14.4 Å². The lowest BCUT2D eigenvalue weighted by Crippen LogP contribution is -2.30. The lowest BCUT2D eigenvalue weighted by atomic mass is 10.0. The van der Waals surface area contributed by atoms with Crippen molar-refractivity contribution in [3.8, 4) is 0 Å². The molecule has 0 aliphatic heterocycles. The molecule has 0 spiro atoms. The summed E-state index contributed by atoms with van der Waals surface area (Å²) in [6, 6.07) is 0. The molecule has 356 valence electrons. The van der Waals surface area contributed by atoms with Crippen molar-refractivity contribution >= 4 is 17.9 Å². The molecule has 6 heteroatoms. The van der Waals surface area contributed by atoms with Gasteiger partial charge in [0.1, 0.15) is 13.2 Å². The zero-order valence-corrected chi connectivity index (χ0v) is 40.6. The van der Waals surface area contributed by atoms with Crippen LogP contribution in [0.2, 0.25) is 0 Å². The van der Waals surface area contributed by atoms with E-state index in [1.165, 1.54) is 103 Å². The summed E-state index contributed by atoms with van der Waals surface area (Å²) >= 11 is 0. The highest BCUT2D eigenvalue weighted by atomic mass is 16.6. The Morgan fingerprint density at radius 1 is 0.355 bits per heavy atom. The summed E-state index contributed by atoms with van der Waals surface area (Å²) in [5.41, 5.74) is 0. The van der Waals surface area contributed by atoms with Crippen LogP contribution in [0.25, 0.3) is 0 Å². The molecule has 62 heavy (non-hydrogen) atoms. The first-order valence-electron chi connectivity index (χ1n) is 26.0. The molecule has 0 heterocycles. The normalized spacial score (nSPS) is 12.6. The summed E-state index contributed by atoms with van der Waals surface area (Å²) in [5.74, 6) is -0.952. The van der Waals surface area contributed by atoms with Crippen LogP contribution in [-0.4, -0.2) is 37.2 Å². The molecule has 0 aliphatic carbocycles. The maximum Gasteiger partial charge on any atom is 0.306 e. The molecular formula is C56H96O6. The Bertz CT molecular complexity index is 1180. The topological polar surface area (TPSA) is 78.9 Å². The summed E-state index contributed by atoms with van der Waals surface area (Å²) in [7, 11) is 0. The molecule has 0 aromatic rings. The van der Waals surface area contributed by atoms with Gasteiger partial charge < -0.3 is 14.2 Å². The summed E-state index contributed by atoms with van der Waals surface area (Å²) in [4.78, 5) is 37.9. The molecule has 0 rings (SSSR count). The van der Waals surface area contributed by atoms with Gasteiger partial charge in [0, 0.05) is 19.3 Å². The summed E-state index contributed by atoms with van der Waals surface area (Å²) < 4.78 is 16.7. The Kier molecular flexibility index (Phi) is 47.9. The third-order valence-corrected chi connectivity index (χ3v) is 11.0. The maximum absolute atomic E-state index is 12.8. The van der Waals surface area contributed by atoms with E-state index < -0.39 is 6.10 Å². The van der Waals surface area contributed by atoms with Gasteiger partial charge in [-0.2, -0.15) is 0 Å². The second kappa shape index (κ2) is 50.5. The van der Waals surface area contributed by atoms with Crippen molar-refractivity contribution in [2.75, 3.05) is 13.2 Å². The number of carbonyl (C=O) groups is 3. The van der Waals surface area contributed by atoms with Crippen molar-refractivity contribution in [1.82, 2.24) is 0 Å². The fourth-order valence-corrected chi connectivity index (χ4v) is 7.10. The van der Waals surface area contributed by atoms with Gasteiger partial charge in [0.25, 0.3) is 0 Å². The minimum absolute atomic E-state index is 0.0969. The first-order valence-corrected chi connectivity index (χ1v) is 26.0. The molecule has 1 unspecified atom stereocenters. The summed E-state index contributed by atoms with van der Waals surface area (Å²) in [6.45, 7) is 6.46. The molecule has 0 radical (unpaired) electrons. The molecule has 1 atom stereocenters. The molecule has 0 saturated carbocycles. The van der Waals surface area contributed by atoms with Gasteiger partial charge >= 0.3 is 17.9 Å². The van der Waals surface area contributed by atoms with E-state index in [0.717, 1.165) is 103 Å². The van der Waals surface area contributed by atoms with Crippen LogP contribution in [0.15, 0.2) is 72.9 Å². The van der Waals surface area contributed by atoms with Gasteiger partial charge in [-0.25, -0.2) is 0 Å². The van der Waals surface area contributed by atoms with Crippen LogP contribution in [0, 0.1) is 0 Å². The number of hydrogen-bond donors (Lipinski definition) is 0. The van der Waals surface area contributed by atoms with E-state index in [0.29, 0.717) is 19.3 Å². The van der Waals surface area contributed by atoms with Crippen LogP contribution in [0.5, 0.6) is 0 Å². The largest absolute Gasteiger partial charge is 0.462 e. The minimum atomic E-state index is -0.797. The average molecular weight is 865 g/mol. The second-order valence-electron chi connectivity index (χ2n) is 17.1. The van der Waals surface area contributed by atoms with E-state index in [1.807, 2.05) is 0 Å². The monoisotopic (exact) mass is 865 g/mol. The third-order valence-electron chi connectivity index (χ3n) is 11.0. The quantitative estimate of drug-likeness (QED) is 0.0199. The van der Waals surface area contributed by atoms with Gasteiger partial charge in [0.05, 0.1) is 0 Å². The minimum Gasteiger partial charge on any atom is -0.462 e. The van der Waals surface area contributed by atoms with Crippen LogP contribution < -0.4 is 0 Å². The van der Waals surface area contributed by atoms with Gasteiger partial charge in [-0.15, -0.1) is 0 Å². The van der Waals surface area contributed by atoms with Crippen molar-refractivity contribution in [1.29, 1.82) is 0 Å². The lowest BCUT2D eigenvalue weighted by Gasteiger charge is -2.18. The molecule has 0 aromatic carbocycles. The standard InChI is InChI=1S/C56H96O6/c1-4-7-10-13-16-19-22-25-27-28-29-30-32-34-37-40-43-46-49-55(58)61-52-53(51-60-54(57)48-45-42-39-36-33-24-21-18-15-12-9-6-3)62-56(59)50-47-44-41-38-35-31-26-23-20-17-14-11-8-5-2/h9,12,18,21-22,25,27-30,33,36,53H,4-8,10-11,13-17,19-20,23-24,26,31-32,34-35,37-52H2,1-3H3/b12-9-,21-18-,25-22-,28-27-,30-29-,36-33-. The van der Waals surface area contributed by atoms with E-state index in [-0.39, 0.29) is 31.1 Å². The molecular weight excluding hydrogens is 769 g/mol. The zero-order valence-electron chi connectivity index (χ0n) is 40.6. The Morgan fingerprint density at radius 3 is 1.15 bits per heavy atom. The number of hydrogen-bond acceptors (Lipinski definition) is 6. The van der Waals surface area contributed by atoms with E-state index >= 15 is 0 Å². The highest BCUT2D eigenvalue weighted by molar-refractivity contribution is 5.71. The number of allylic oxidation sites excluding steroid dienone is 12. The van der Waals surface area contributed by atoms with Gasteiger partial charge in [0.2, 0.25) is 0 Å². The van der Waals surface area contributed by atoms with Crippen LogP contribution >= 0.6 is 0 Å². The van der Waals surface area contributed by atoms with Crippen LogP contribution in [0.3, 0.4) is 0 Å². The Hall–Kier alpha value is -3.15. The molecule has 0 bridgehead atoms. The van der Waals surface area contributed by atoms with Gasteiger partial charge in [-0.1, -0.05) is 222 Å². The van der Waals surface area contributed by atoms with Gasteiger partial charge in [0.15, 0.2) is 6.10 Å². The zero-order chi connectivity index (χ0) is 45.1. The summed E-state index contributed by atoms with van der Waals surface area (Å²) in [6.07, 6.45) is 63.1. The van der Waals surface area contributed by atoms with Crippen molar-refractivity contribution < 1.29 is 28.6 Å². The fraction of sp³-hybridized carbons (Fsp3) is 0.732. The fourth-order valence-electron chi connectivity index (χ4n) is 7.10. The lowest BCUT2D eigenvalue weighted by molar-refractivity contribution is -0.167. The highest BCUT2D eigenvalue weighted by Crippen LogP contribution is 2.15. The second-order valence-corrected chi connectivity index (χ2v) is 17.1. The first kappa shape index (κ1) is 58.9. The van der Waals surface area contributed by atoms with E-state index in [4.69, 9.17) is 14.2 Å². The first-order chi connectivity index (χ1) is 30.5. The van der Waals surface area contributed by atoms with Gasteiger partial charge in [-0.3, -0.25) is 14.4 Å². The Balaban J connectivity index is 4.44. The molecule has 0 N–H and O–H groups in total. The molecule has 0 fully saturated rings. The van der Waals surface area contributed by atoms with Crippen LogP contribution in [0.4, 0.5) is 0 Å². The number of esters is 3.